The summed E-state index contributed by atoms with van der Waals surface area (Å²) < 4.78 is 31.0. The van der Waals surface area contributed by atoms with Gasteiger partial charge in [0.25, 0.3) is 0 Å². The molecule has 0 spiro atoms. The maximum atomic E-state index is 13.1. The van der Waals surface area contributed by atoms with E-state index in [1.54, 1.807) is 0 Å². The number of hydrogen-bond acceptors (Lipinski definition) is 4. The molecule has 2 aromatic rings. The largest absolute Gasteiger partial charge is 0.337 e. The fraction of sp³-hybridized carbons (Fsp3) is 0.333. The van der Waals surface area contributed by atoms with Crippen molar-refractivity contribution in [2.45, 2.75) is 24.8 Å². The van der Waals surface area contributed by atoms with Gasteiger partial charge in [-0.05, 0) is 37.5 Å². The van der Waals surface area contributed by atoms with Gasteiger partial charge in [-0.2, -0.15) is 4.98 Å². The first-order chi connectivity index (χ1) is 8.58. The molecule has 2 N–H and O–H groups in total. The van der Waals surface area contributed by atoms with Crippen LogP contribution in [-0.4, -0.2) is 10.1 Å². The minimum atomic E-state index is -0.940. The van der Waals surface area contributed by atoms with Gasteiger partial charge in [0.15, 0.2) is 11.6 Å². The lowest BCUT2D eigenvalue weighted by Gasteiger charge is -2.33. The molecule has 18 heavy (non-hydrogen) atoms. The molecule has 0 saturated heterocycles. The van der Waals surface area contributed by atoms with E-state index in [0.29, 0.717) is 11.5 Å². The minimum Gasteiger partial charge on any atom is -0.337 e. The molecule has 0 unspecified atom stereocenters. The lowest BCUT2D eigenvalue weighted by Crippen LogP contribution is -2.43. The van der Waals surface area contributed by atoms with Gasteiger partial charge in [-0.15, -0.1) is 0 Å². The standard InChI is InChI=1S/C12H11F2N3O/c13-8-3-2-7(6-9(8)14)10-16-11(18-17-10)12(15)4-1-5-12/h2-3,6H,1,4-5,15H2. The van der Waals surface area contributed by atoms with Crippen molar-refractivity contribution in [2.24, 2.45) is 5.73 Å². The molecule has 0 atom stereocenters. The molecular formula is C12H11F2N3O. The van der Waals surface area contributed by atoms with Crippen LogP contribution < -0.4 is 5.73 Å². The van der Waals surface area contributed by atoms with Crippen molar-refractivity contribution in [1.29, 1.82) is 0 Å². The van der Waals surface area contributed by atoms with Crippen molar-refractivity contribution < 1.29 is 13.3 Å². The van der Waals surface area contributed by atoms with Crippen LogP contribution >= 0.6 is 0 Å². The van der Waals surface area contributed by atoms with Gasteiger partial charge in [0.2, 0.25) is 11.7 Å². The quantitative estimate of drug-likeness (QED) is 0.889. The molecule has 0 aliphatic heterocycles. The zero-order valence-corrected chi connectivity index (χ0v) is 9.49. The molecule has 1 saturated carbocycles. The molecule has 0 radical (unpaired) electrons. The van der Waals surface area contributed by atoms with E-state index in [-0.39, 0.29) is 5.82 Å². The molecule has 1 aliphatic carbocycles. The first-order valence-corrected chi connectivity index (χ1v) is 5.67. The molecular weight excluding hydrogens is 240 g/mol. The van der Waals surface area contributed by atoms with E-state index in [4.69, 9.17) is 10.3 Å². The average Bonchev–Trinajstić information content (AvgIpc) is 2.79. The fourth-order valence-electron chi connectivity index (χ4n) is 1.95. The molecule has 4 nitrogen and oxygen atoms in total. The summed E-state index contributed by atoms with van der Waals surface area (Å²) in [6.07, 6.45) is 2.62. The highest BCUT2D eigenvalue weighted by atomic mass is 19.2. The van der Waals surface area contributed by atoms with Crippen molar-refractivity contribution in [3.05, 3.63) is 35.7 Å². The highest BCUT2D eigenvalue weighted by molar-refractivity contribution is 5.54. The summed E-state index contributed by atoms with van der Waals surface area (Å²) in [6.45, 7) is 0. The van der Waals surface area contributed by atoms with E-state index in [0.717, 1.165) is 31.4 Å². The SMILES string of the molecule is NC1(c2nc(-c3ccc(F)c(F)c3)no2)CCC1. The lowest BCUT2D eigenvalue weighted by atomic mass is 9.78. The zero-order chi connectivity index (χ0) is 12.8. The number of hydrogen-bond donors (Lipinski definition) is 1. The highest BCUT2D eigenvalue weighted by Gasteiger charge is 2.39. The maximum absolute atomic E-state index is 13.1. The van der Waals surface area contributed by atoms with Gasteiger partial charge in [-0.25, -0.2) is 8.78 Å². The van der Waals surface area contributed by atoms with E-state index >= 15 is 0 Å². The Hall–Kier alpha value is -1.82. The van der Waals surface area contributed by atoms with Crippen LogP contribution in [0.25, 0.3) is 11.4 Å². The predicted molar refractivity (Wildman–Crippen MR) is 59.4 cm³/mol. The molecule has 1 aromatic heterocycles. The van der Waals surface area contributed by atoms with Gasteiger partial charge in [-0.3, -0.25) is 0 Å². The molecule has 94 valence electrons. The third-order valence-electron chi connectivity index (χ3n) is 3.28. The first-order valence-electron chi connectivity index (χ1n) is 5.67. The van der Waals surface area contributed by atoms with Gasteiger partial charge in [0.1, 0.15) is 0 Å². The predicted octanol–water partition coefficient (Wildman–Crippen LogP) is 2.35. The summed E-state index contributed by atoms with van der Waals surface area (Å²) in [4.78, 5) is 4.15. The third kappa shape index (κ3) is 1.69. The number of nitrogens with zero attached hydrogens (tertiary/aromatic N) is 2. The second-order valence-corrected chi connectivity index (χ2v) is 4.56. The van der Waals surface area contributed by atoms with Crippen LogP contribution in [0.4, 0.5) is 8.78 Å². The number of halogens is 2. The Morgan fingerprint density at radius 3 is 2.61 bits per heavy atom. The smallest absolute Gasteiger partial charge is 0.247 e. The van der Waals surface area contributed by atoms with Gasteiger partial charge >= 0.3 is 0 Å². The second-order valence-electron chi connectivity index (χ2n) is 4.56. The minimum absolute atomic E-state index is 0.223. The van der Waals surface area contributed by atoms with Gasteiger partial charge in [0.05, 0.1) is 5.54 Å². The monoisotopic (exact) mass is 251 g/mol. The van der Waals surface area contributed by atoms with E-state index in [1.165, 1.54) is 6.07 Å². The first kappa shape index (κ1) is 11.3. The van der Waals surface area contributed by atoms with Crippen molar-refractivity contribution in [3.63, 3.8) is 0 Å². The van der Waals surface area contributed by atoms with Crippen LogP contribution in [0.3, 0.4) is 0 Å². The van der Waals surface area contributed by atoms with Crippen LogP contribution in [0.1, 0.15) is 25.2 Å². The molecule has 6 heteroatoms. The number of rotatable bonds is 2. The van der Waals surface area contributed by atoms with Crippen LogP contribution in [0.15, 0.2) is 22.7 Å². The van der Waals surface area contributed by atoms with Crippen molar-refractivity contribution >= 4 is 0 Å². The van der Waals surface area contributed by atoms with Gasteiger partial charge in [-0.1, -0.05) is 5.16 Å². The number of aromatic nitrogens is 2. The molecule has 1 aliphatic rings. The lowest BCUT2D eigenvalue weighted by molar-refractivity contribution is 0.181. The van der Waals surface area contributed by atoms with E-state index in [2.05, 4.69) is 10.1 Å². The Morgan fingerprint density at radius 2 is 2.00 bits per heavy atom. The fourth-order valence-corrected chi connectivity index (χ4v) is 1.95. The van der Waals surface area contributed by atoms with Crippen molar-refractivity contribution in [1.82, 2.24) is 10.1 Å². The number of nitrogens with two attached hydrogens (primary N) is 1. The van der Waals surface area contributed by atoms with Gasteiger partial charge in [0, 0.05) is 5.56 Å². The Balaban J connectivity index is 1.95. The molecule has 1 fully saturated rings. The Kier molecular flexibility index (Phi) is 2.41. The normalized spacial score (nSPS) is 17.5. The third-order valence-corrected chi connectivity index (χ3v) is 3.28. The Bertz CT molecular complexity index is 593. The average molecular weight is 251 g/mol. The molecule has 3 rings (SSSR count). The van der Waals surface area contributed by atoms with Crippen molar-refractivity contribution in [3.8, 4) is 11.4 Å². The summed E-state index contributed by atoms with van der Waals surface area (Å²) in [6, 6.07) is 3.47. The summed E-state index contributed by atoms with van der Waals surface area (Å²) >= 11 is 0. The molecule has 1 heterocycles. The van der Waals surface area contributed by atoms with Crippen LogP contribution in [0.5, 0.6) is 0 Å². The Morgan fingerprint density at radius 1 is 1.22 bits per heavy atom. The summed E-state index contributed by atoms with van der Waals surface area (Å²) in [7, 11) is 0. The van der Waals surface area contributed by atoms with E-state index in [9.17, 15) is 8.78 Å². The topological polar surface area (TPSA) is 64.9 Å². The molecule has 0 amide bonds. The second kappa shape index (κ2) is 3.84. The van der Waals surface area contributed by atoms with E-state index in [1.807, 2.05) is 0 Å². The maximum Gasteiger partial charge on any atom is 0.247 e. The molecule has 0 bridgehead atoms. The number of benzene rings is 1. The summed E-state index contributed by atoms with van der Waals surface area (Å²) in [5.74, 6) is -1.27. The zero-order valence-electron chi connectivity index (χ0n) is 9.49. The highest BCUT2D eigenvalue weighted by Crippen LogP contribution is 2.38. The summed E-state index contributed by atoms with van der Waals surface area (Å²) in [5, 5.41) is 3.75. The van der Waals surface area contributed by atoms with Crippen LogP contribution in [0, 0.1) is 11.6 Å². The van der Waals surface area contributed by atoms with E-state index < -0.39 is 17.2 Å². The summed E-state index contributed by atoms with van der Waals surface area (Å²) in [5.41, 5.74) is 5.85. The van der Waals surface area contributed by atoms with Crippen molar-refractivity contribution in [2.75, 3.05) is 0 Å². The Labute approximate surface area is 102 Å². The van der Waals surface area contributed by atoms with Crippen LogP contribution in [0.2, 0.25) is 0 Å². The van der Waals surface area contributed by atoms with Crippen LogP contribution in [-0.2, 0) is 5.54 Å². The molecule has 1 aromatic carbocycles. The van der Waals surface area contributed by atoms with Gasteiger partial charge < -0.3 is 10.3 Å².